The van der Waals surface area contributed by atoms with Crippen LogP contribution in [0.2, 0.25) is 0 Å². The van der Waals surface area contributed by atoms with Gasteiger partial charge in [-0.25, -0.2) is 0 Å². The molecule has 1 heteroatoms. The molecule has 0 bridgehead atoms. The quantitative estimate of drug-likeness (QED) is 0.654. The summed E-state index contributed by atoms with van der Waals surface area (Å²) >= 11 is 0. The first-order valence-corrected chi connectivity index (χ1v) is 5.09. The Morgan fingerprint density at radius 1 is 0.923 bits per heavy atom. The first kappa shape index (κ1) is 8.76. The van der Waals surface area contributed by atoms with Crippen LogP contribution in [0.25, 0.3) is 0 Å². The van der Waals surface area contributed by atoms with Crippen LogP contribution < -0.4 is 0 Å². The number of hydrogen-bond acceptors (Lipinski definition) is 1. The van der Waals surface area contributed by atoms with Gasteiger partial charge < -0.3 is 5.11 Å². The third-order valence-corrected chi connectivity index (χ3v) is 2.99. The first-order valence-electron chi connectivity index (χ1n) is 5.09. The van der Waals surface area contributed by atoms with E-state index in [9.17, 15) is 5.11 Å². The zero-order valence-corrected chi connectivity index (χ0v) is 7.87. The SMILES string of the molecule is O[13C]1(c2ccccc2)CCCCC1. The standard InChI is InChI=1S/C12H16O/c13-12(9-5-2-6-10-12)11-7-3-1-4-8-11/h1,3-4,7-8,13H,2,5-6,9-10H2/i12+1. The zero-order chi connectivity index (χ0) is 9.15. The molecule has 2 rings (SSSR count). The van der Waals surface area contributed by atoms with Crippen LogP contribution in [-0.2, 0) is 5.60 Å². The average Bonchev–Trinajstić information content (AvgIpc) is 2.20. The normalized spacial score (nSPS) is 21.3. The van der Waals surface area contributed by atoms with E-state index in [4.69, 9.17) is 0 Å². The van der Waals surface area contributed by atoms with Crippen molar-refractivity contribution in [1.29, 1.82) is 0 Å². The van der Waals surface area contributed by atoms with Crippen molar-refractivity contribution in [2.75, 3.05) is 0 Å². The van der Waals surface area contributed by atoms with Gasteiger partial charge in [-0.05, 0) is 18.4 Å². The molecule has 0 saturated heterocycles. The summed E-state index contributed by atoms with van der Waals surface area (Å²) in [6.07, 6.45) is 5.44. The highest BCUT2D eigenvalue weighted by Gasteiger charge is 2.30. The smallest absolute Gasteiger partial charge is 0.0896 e. The molecule has 1 nitrogen and oxygen atoms in total. The summed E-state index contributed by atoms with van der Waals surface area (Å²) in [4.78, 5) is 0. The van der Waals surface area contributed by atoms with Crippen molar-refractivity contribution in [2.24, 2.45) is 0 Å². The van der Waals surface area contributed by atoms with Crippen LogP contribution in [0.5, 0.6) is 0 Å². The topological polar surface area (TPSA) is 20.2 Å². The first-order chi connectivity index (χ1) is 6.31. The molecule has 0 unspecified atom stereocenters. The van der Waals surface area contributed by atoms with Gasteiger partial charge in [-0.2, -0.15) is 0 Å². The van der Waals surface area contributed by atoms with Crippen molar-refractivity contribution in [3.63, 3.8) is 0 Å². The predicted molar refractivity (Wildman–Crippen MR) is 53.4 cm³/mol. The number of aliphatic hydroxyl groups is 1. The maximum absolute atomic E-state index is 10.3. The van der Waals surface area contributed by atoms with Crippen LogP contribution in [0.4, 0.5) is 0 Å². The third kappa shape index (κ3) is 1.75. The summed E-state index contributed by atoms with van der Waals surface area (Å²) < 4.78 is 0. The Hall–Kier alpha value is -0.820. The molecule has 0 atom stereocenters. The van der Waals surface area contributed by atoms with Gasteiger partial charge in [0.25, 0.3) is 0 Å². The largest absolute Gasteiger partial charge is 0.385 e. The monoisotopic (exact) mass is 177 g/mol. The Labute approximate surface area is 79.4 Å². The molecule has 0 radical (unpaired) electrons. The minimum atomic E-state index is -0.528. The molecule has 0 aliphatic heterocycles. The summed E-state index contributed by atoms with van der Waals surface area (Å²) in [6, 6.07) is 10.1. The van der Waals surface area contributed by atoms with Crippen LogP contribution in [0.3, 0.4) is 0 Å². The molecule has 1 aliphatic rings. The molecule has 0 amide bonds. The van der Waals surface area contributed by atoms with Gasteiger partial charge in [-0.1, -0.05) is 49.6 Å². The number of rotatable bonds is 1. The molecule has 1 aromatic carbocycles. The molecule has 1 N–H and O–H groups in total. The van der Waals surface area contributed by atoms with E-state index in [1.165, 1.54) is 6.42 Å². The van der Waals surface area contributed by atoms with Crippen molar-refractivity contribution < 1.29 is 5.11 Å². The van der Waals surface area contributed by atoms with E-state index in [1.54, 1.807) is 0 Å². The van der Waals surface area contributed by atoms with Crippen LogP contribution in [0, 0.1) is 0 Å². The average molecular weight is 177 g/mol. The minimum Gasteiger partial charge on any atom is -0.385 e. The molecule has 1 saturated carbocycles. The Bertz CT molecular complexity index is 260. The summed E-state index contributed by atoms with van der Waals surface area (Å²) in [6.45, 7) is 0. The molecule has 1 aliphatic carbocycles. The summed E-state index contributed by atoms with van der Waals surface area (Å²) in [5, 5.41) is 10.3. The Morgan fingerprint density at radius 2 is 1.54 bits per heavy atom. The fourth-order valence-electron chi connectivity index (χ4n) is 2.17. The highest BCUT2D eigenvalue weighted by atomic mass is 16.4. The number of benzene rings is 1. The van der Waals surface area contributed by atoms with Gasteiger partial charge in [0.05, 0.1) is 5.60 Å². The Morgan fingerprint density at radius 3 is 2.15 bits per heavy atom. The Balaban J connectivity index is 2.23. The lowest BCUT2D eigenvalue weighted by atomic mass is 10.0. The molecule has 1 fully saturated rings. The maximum Gasteiger partial charge on any atom is 0.0896 e. The third-order valence-electron chi connectivity index (χ3n) is 2.99. The summed E-state index contributed by atoms with van der Waals surface area (Å²) in [7, 11) is 0. The fourth-order valence-corrected chi connectivity index (χ4v) is 2.17. The van der Waals surface area contributed by atoms with Gasteiger partial charge in [-0.3, -0.25) is 0 Å². The molecular weight excluding hydrogens is 161 g/mol. The van der Waals surface area contributed by atoms with E-state index in [-0.39, 0.29) is 0 Å². The van der Waals surface area contributed by atoms with E-state index in [0.29, 0.717) is 0 Å². The van der Waals surface area contributed by atoms with E-state index in [0.717, 1.165) is 31.2 Å². The predicted octanol–water partition coefficient (Wildman–Crippen LogP) is 2.84. The van der Waals surface area contributed by atoms with Gasteiger partial charge in [0.15, 0.2) is 0 Å². The number of hydrogen-bond donors (Lipinski definition) is 1. The molecule has 0 heterocycles. The molecule has 1 aromatic rings. The van der Waals surface area contributed by atoms with Crippen molar-refractivity contribution in [3.8, 4) is 0 Å². The van der Waals surface area contributed by atoms with Crippen LogP contribution in [0.1, 0.15) is 37.7 Å². The second-order valence-electron chi connectivity index (χ2n) is 3.96. The van der Waals surface area contributed by atoms with Crippen LogP contribution in [0.15, 0.2) is 30.3 Å². The van der Waals surface area contributed by atoms with Crippen LogP contribution in [-0.4, -0.2) is 5.11 Å². The molecule has 70 valence electrons. The Kier molecular flexibility index (Phi) is 2.36. The maximum atomic E-state index is 10.3. The highest BCUT2D eigenvalue weighted by molar-refractivity contribution is 5.22. The van der Waals surface area contributed by atoms with Gasteiger partial charge in [-0.15, -0.1) is 0 Å². The molecular formula is C12H16O. The second-order valence-corrected chi connectivity index (χ2v) is 3.96. The lowest BCUT2D eigenvalue weighted by Crippen LogP contribution is -2.28. The molecule has 0 spiro atoms. The van der Waals surface area contributed by atoms with Gasteiger partial charge in [0.1, 0.15) is 0 Å². The van der Waals surface area contributed by atoms with Gasteiger partial charge >= 0.3 is 0 Å². The zero-order valence-electron chi connectivity index (χ0n) is 7.87. The second kappa shape index (κ2) is 3.51. The highest BCUT2D eigenvalue weighted by Crippen LogP contribution is 2.36. The van der Waals surface area contributed by atoms with Gasteiger partial charge in [0.2, 0.25) is 0 Å². The van der Waals surface area contributed by atoms with Crippen molar-refractivity contribution in [1.82, 2.24) is 0 Å². The molecule has 13 heavy (non-hydrogen) atoms. The summed E-state index contributed by atoms with van der Waals surface area (Å²) in [5.41, 5.74) is 0.564. The van der Waals surface area contributed by atoms with E-state index >= 15 is 0 Å². The fraction of sp³-hybridized carbons (Fsp3) is 0.500. The van der Waals surface area contributed by atoms with Crippen molar-refractivity contribution in [3.05, 3.63) is 35.9 Å². The lowest BCUT2D eigenvalue weighted by molar-refractivity contribution is -0.000622. The van der Waals surface area contributed by atoms with E-state index in [2.05, 4.69) is 0 Å². The van der Waals surface area contributed by atoms with E-state index in [1.807, 2.05) is 30.3 Å². The van der Waals surface area contributed by atoms with Crippen LogP contribution >= 0.6 is 0 Å². The van der Waals surface area contributed by atoms with Crippen molar-refractivity contribution in [2.45, 2.75) is 37.7 Å². The summed E-state index contributed by atoms with van der Waals surface area (Å²) in [5.74, 6) is 0. The molecule has 0 aromatic heterocycles. The lowest BCUT2D eigenvalue weighted by Gasteiger charge is -2.32. The van der Waals surface area contributed by atoms with Crippen molar-refractivity contribution >= 4 is 0 Å². The minimum absolute atomic E-state index is 0.528. The van der Waals surface area contributed by atoms with E-state index < -0.39 is 5.60 Å². The van der Waals surface area contributed by atoms with Gasteiger partial charge in [0, 0.05) is 0 Å².